The third kappa shape index (κ3) is 2.91. The molecular weight excluding hydrogens is 256 g/mol. The van der Waals surface area contributed by atoms with Crippen LogP contribution in [0.5, 0.6) is 0 Å². The molecule has 2 rings (SSSR count). The van der Waals surface area contributed by atoms with E-state index in [0.29, 0.717) is 11.7 Å². The first kappa shape index (κ1) is 14.3. The molecule has 0 unspecified atom stereocenters. The second kappa shape index (κ2) is 5.92. The molecule has 108 valence electrons. The van der Waals surface area contributed by atoms with Crippen LogP contribution in [0.1, 0.15) is 25.2 Å². The summed E-state index contributed by atoms with van der Waals surface area (Å²) in [5.74, 6) is 0.674. The molecule has 6 heteroatoms. The zero-order valence-electron chi connectivity index (χ0n) is 12.0. The van der Waals surface area contributed by atoms with Gasteiger partial charge in [0, 0.05) is 5.69 Å². The van der Waals surface area contributed by atoms with Gasteiger partial charge in [0.1, 0.15) is 11.5 Å². The van der Waals surface area contributed by atoms with E-state index in [-0.39, 0.29) is 6.54 Å². The van der Waals surface area contributed by atoms with Crippen LogP contribution in [-0.4, -0.2) is 27.0 Å². The highest BCUT2D eigenvalue weighted by molar-refractivity contribution is 5.79. The molecule has 0 aliphatic carbocycles. The van der Waals surface area contributed by atoms with E-state index in [1.54, 1.807) is 5.48 Å². The predicted octanol–water partition coefficient (Wildman–Crippen LogP) is 1.76. The van der Waals surface area contributed by atoms with E-state index >= 15 is 0 Å². The van der Waals surface area contributed by atoms with Crippen LogP contribution in [0.4, 0.5) is 5.82 Å². The lowest BCUT2D eigenvalue weighted by Crippen LogP contribution is -2.27. The number of amides is 1. The quantitative estimate of drug-likeness (QED) is 0.574. The molecule has 0 spiro atoms. The molecule has 6 nitrogen and oxygen atoms in total. The minimum atomic E-state index is -0.491. The van der Waals surface area contributed by atoms with Gasteiger partial charge in [-0.05, 0) is 31.4 Å². The largest absolute Gasteiger partial charge is 0.359 e. The van der Waals surface area contributed by atoms with Gasteiger partial charge in [-0.1, -0.05) is 19.9 Å². The highest BCUT2D eigenvalue weighted by Crippen LogP contribution is 2.22. The summed E-state index contributed by atoms with van der Waals surface area (Å²) in [6, 6.07) is 5.93. The monoisotopic (exact) mass is 276 g/mol. The summed E-state index contributed by atoms with van der Waals surface area (Å²) in [5, 5.41) is 11.5. The molecule has 2 heterocycles. The molecule has 0 bridgehead atoms. The Morgan fingerprint density at radius 1 is 1.45 bits per heavy atom. The number of pyridine rings is 1. The number of nitrogens with one attached hydrogen (secondary N) is 2. The fourth-order valence-corrected chi connectivity index (χ4v) is 2.25. The standard InChI is InChI=1S/C14H20N4O2/c1-9(2)7-11-14(15-8-13(19)17-20)16-12-6-4-5-10(3)18(11)12/h4-6,9,15,20H,7-8H2,1-3H3,(H,17,19). The van der Waals surface area contributed by atoms with Crippen LogP contribution < -0.4 is 10.8 Å². The Bertz CT molecular complexity index is 619. The highest BCUT2D eigenvalue weighted by Gasteiger charge is 2.15. The van der Waals surface area contributed by atoms with E-state index in [4.69, 9.17) is 5.21 Å². The van der Waals surface area contributed by atoms with Crippen LogP contribution in [0.3, 0.4) is 0 Å². The molecule has 20 heavy (non-hydrogen) atoms. The number of hydrogen-bond donors (Lipinski definition) is 3. The van der Waals surface area contributed by atoms with Gasteiger partial charge in [0.15, 0.2) is 0 Å². The summed E-state index contributed by atoms with van der Waals surface area (Å²) in [6.45, 7) is 6.30. The van der Waals surface area contributed by atoms with Crippen molar-refractivity contribution >= 4 is 17.4 Å². The number of imidazole rings is 1. The first-order valence-electron chi connectivity index (χ1n) is 6.66. The van der Waals surface area contributed by atoms with Crippen molar-refractivity contribution in [3.63, 3.8) is 0 Å². The van der Waals surface area contributed by atoms with Gasteiger partial charge in [-0.25, -0.2) is 10.5 Å². The predicted molar refractivity (Wildman–Crippen MR) is 76.9 cm³/mol. The van der Waals surface area contributed by atoms with Crippen molar-refractivity contribution in [1.82, 2.24) is 14.9 Å². The average Bonchev–Trinajstić information content (AvgIpc) is 2.74. The van der Waals surface area contributed by atoms with Crippen LogP contribution in [0.15, 0.2) is 18.2 Å². The lowest BCUT2D eigenvalue weighted by molar-refractivity contribution is -0.127. The second-order valence-corrected chi connectivity index (χ2v) is 5.25. The average molecular weight is 276 g/mol. The van der Waals surface area contributed by atoms with Gasteiger partial charge in [-0.15, -0.1) is 0 Å². The Morgan fingerprint density at radius 2 is 2.20 bits per heavy atom. The van der Waals surface area contributed by atoms with Gasteiger partial charge < -0.3 is 5.32 Å². The van der Waals surface area contributed by atoms with E-state index in [2.05, 4.69) is 28.5 Å². The van der Waals surface area contributed by atoms with Gasteiger partial charge in [0.2, 0.25) is 0 Å². The molecule has 3 N–H and O–H groups in total. The third-order valence-corrected chi connectivity index (χ3v) is 3.08. The number of rotatable bonds is 5. The van der Waals surface area contributed by atoms with Crippen molar-refractivity contribution in [2.75, 3.05) is 11.9 Å². The topological polar surface area (TPSA) is 78.7 Å². The van der Waals surface area contributed by atoms with Crippen molar-refractivity contribution < 1.29 is 10.0 Å². The number of carbonyl (C=O) groups excluding carboxylic acids is 1. The van der Waals surface area contributed by atoms with E-state index in [0.717, 1.165) is 23.5 Å². The van der Waals surface area contributed by atoms with Gasteiger partial charge in [-0.3, -0.25) is 14.4 Å². The Kier molecular flexibility index (Phi) is 4.24. The normalized spacial score (nSPS) is 11.1. The Balaban J connectivity index is 2.41. The summed E-state index contributed by atoms with van der Waals surface area (Å²) in [6.07, 6.45) is 0.856. The Labute approximate surface area is 117 Å². The van der Waals surface area contributed by atoms with Crippen LogP contribution >= 0.6 is 0 Å². The molecule has 0 fully saturated rings. The fraction of sp³-hybridized carbons (Fsp3) is 0.429. The molecule has 0 saturated heterocycles. The van der Waals surface area contributed by atoms with Crippen molar-refractivity contribution in [2.24, 2.45) is 5.92 Å². The van der Waals surface area contributed by atoms with E-state index in [1.807, 2.05) is 25.1 Å². The summed E-state index contributed by atoms with van der Waals surface area (Å²) < 4.78 is 2.10. The number of hydrogen-bond acceptors (Lipinski definition) is 4. The van der Waals surface area contributed by atoms with Crippen molar-refractivity contribution in [3.8, 4) is 0 Å². The van der Waals surface area contributed by atoms with Gasteiger partial charge in [-0.2, -0.15) is 0 Å². The Morgan fingerprint density at radius 3 is 2.85 bits per heavy atom. The second-order valence-electron chi connectivity index (χ2n) is 5.25. The summed E-state index contributed by atoms with van der Waals surface area (Å²) >= 11 is 0. The number of hydroxylamine groups is 1. The van der Waals surface area contributed by atoms with Crippen LogP contribution in [0.2, 0.25) is 0 Å². The van der Waals surface area contributed by atoms with Crippen molar-refractivity contribution in [2.45, 2.75) is 27.2 Å². The smallest absolute Gasteiger partial charge is 0.262 e. The van der Waals surface area contributed by atoms with Crippen LogP contribution in [0, 0.1) is 12.8 Å². The minimum absolute atomic E-state index is 0.00940. The SMILES string of the molecule is Cc1cccc2nc(NCC(=O)NO)c(CC(C)C)n12. The molecule has 0 aliphatic rings. The van der Waals surface area contributed by atoms with E-state index < -0.39 is 5.91 Å². The maximum Gasteiger partial charge on any atom is 0.262 e. The summed E-state index contributed by atoms with van der Waals surface area (Å²) in [7, 11) is 0. The number of fused-ring (bicyclic) bond motifs is 1. The maximum absolute atomic E-state index is 11.1. The highest BCUT2D eigenvalue weighted by atomic mass is 16.5. The molecule has 0 atom stereocenters. The first-order valence-corrected chi connectivity index (χ1v) is 6.66. The molecule has 0 radical (unpaired) electrons. The lowest BCUT2D eigenvalue weighted by atomic mass is 10.1. The van der Waals surface area contributed by atoms with E-state index in [1.165, 1.54) is 0 Å². The zero-order chi connectivity index (χ0) is 14.7. The molecule has 2 aromatic heterocycles. The van der Waals surface area contributed by atoms with Gasteiger partial charge in [0.25, 0.3) is 5.91 Å². The number of carbonyl (C=O) groups is 1. The minimum Gasteiger partial charge on any atom is -0.359 e. The summed E-state index contributed by atoms with van der Waals surface area (Å²) in [4.78, 5) is 15.7. The number of nitrogens with zero attached hydrogens (tertiary/aromatic N) is 2. The lowest BCUT2D eigenvalue weighted by Gasteiger charge is -2.10. The molecule has 0 aromatic carbocycles. The van der Waals surface area contributed by atoms with Crippen LogP contribution in [-0.2, 0) is 11.2 Å². The van der Waals surface area contributed by atoms with Crippen LogP contribution in [0.25, 0.3) is 5.65 Å². The zero-order valence-corrected chi connectivity index (χ0v) is 12.0. The van der Waals surface area contributed by atoms with E-state index in [9.17, 15) is 4.79 Å². The number of aromatic nitrogens is 2. The molecule has 0 aliphatic heterocycles. The van der Waals surface area contributed by atoms with Crippen molar-refractivity contribution in [3.05, 3.63) is 29.6 Å². The molecular formula is C14H20N4O2. The molecule has 1 amide bonds. The number of anilines is 1. The summed E-state index contributed by atoms with van der Waals surface area (Å²) in [5.41, 5.74) is 4.62. The number of aryl methyl sites for hydroxylation is 1. The molecule has 0 saturated carbocycles. The van der Waals surface area contributed by atoms with Gasteiger partial charge >= 0.3 is 0 Å². The maximum atomic E-state index is 11.1. The Hall–Kier alpha value is -2.08. The third-order valence-electron chi connectivity index (χ3n) is 3.08. The van der Waals surface area contributed by atoms with Crippen molar-refractivity contribution in [1.29, 1.82) is 0 Å². The molecule has 2 aromatic rings. The first-order chi connectivity index (χ1) is 9.52. The van der Waals surface area contributed by atoms with Gasteiger partial charge in [0.05, 0.1) is 12.2 Å². The fourth-order valence-electron chi connectivity index (χ4n) is 2.25.